The summed E-state index contributed by atoms with van der Waals surface area (Å²) < 4.78 is 26.6. The zero-order chi connectivity index (χ0) is 17.0. The topological polar surface area (TPSA) is 62.2 Å². The largest absolute Gasteiger partial charge is 0.383 e. The Morgan fingerprint density at radius 2 is 2.22 bits per heavy atom. The smallest absolute Gasteiger partial charge is 0.244 e. The van der Waals surface area contributed by atoms with Crippen molar-refractivity contribution in [1.29, 1.82) is 0 Å². The van der Waals surface area contributed by atoms with E-state index in [-0.39, 0.29) is 12.1 Å². The van der Waals surface area contributed by atoms with E-state index in [1.807, 2.05) is 6.92 Å². The Bertz CT molecular complexity index is 741. The Labute approximate surface area is 136 Å². The van der Waals surface area contributed by atoms with E-state index in [1.165, 1.54) is 24.3 Å². The Morgan fingerprint density at radius 1 is 1.48 bits per heavy atom. The molecule has 0 spiro atoms. The molecular formula is C16H16F2N2O2S. The van der Waals surface area contributed by atoms with Crippen LogP contribution in [-0.4, -0.2) is 22.5 Å². The number of hydrogen-bond donors (Lipinski definition) is 2. The van der Waals surface area contributed by atoms with Crippen LogP contribution in [0.3, 0.4) is 0 Å². The first-order valence-electron chi connectivity index (χ1n) is 6.84. The van der Waals surface area contributed by atoms with Gasteiger partial charge in [-0.15, -0.1) is 11.3 Å². The monoisotopic (exact) mass is 338 g/mol. The number of thiazole rings is 1. The summed E-state index contributed by atoms with van der Waals surface area (Å²) in [6, 6.07) is 2.91. The Kier molecular flexibility index (Phi) is 5.23. The predicted octanol–water partition coefficient (Wildman–Crippen LogP) is 2.77. The lowest BCUT2D eigenvalue weighted by atomic mass is 9.95. The van der Waals surface area contributed by atoms with Crippen molar-refractivity contribution in [3.8, 4) is 0 Å². The summed E-state index contributed by atoms with van der Waals surface area (Å²) in [5, 5.41) is 13.7. The molecule has 122 valence electrons. The molecule has 1 atom stereocenters. The van der Waals surface area contributed by atoms with Crippen LogP contribution in [0.2, 0.25) is 0 Å². The first kappa shape index (κ1) is 17.2. The fraction of sp³-hybridized carbons (Fsp3) is 0.250. The van der Waals surface area contributed by atoms with E-state index in [1.54, 1.807) is 12.3 Å². The number of halogens is 2. The minimum atomic E-state index is -1.65. The number of aromatic nitrogens is 1. The molecule has 0 bridgehead atoms. The second-order valence-corrected chi connectivity index (χ2v) is 6.50. The quantitative estimate of drug-likeness (QED) is 0.824. The zero-order valence-corrected chi connectivity index (χ0v) is 13.5. The molecule has 0 fully saturated rings. The lowest BCUT2D eigenvalue weighted by molar-refractivity contribution is -0.117. The normalized spacial score (nSPS) is 14.0. The van der Waals surface area contributed by atoms with E-state index in [9.17, 15) is 18.7 Å². The van der Waals surface area contributed by atoms with Crippen LogP contribution in [0.4, 0.5) is 8.78 Å². The Morgan fingerprint density at radius 3 is 2.83 bits per heavy atom. The summed E-state index contributed by atoms with van der Waals surface area (Å²) in [6.07, 6.45) is 4.56. The summed E-state index contributed by atoms with van der Waals surface area (Å²) >= 11 is 1.44. The number of aliphatic hydroxyl groups is 1. The molecule has 2 aromatic rings. The van der Waals surface area contributed by atoms with E-state index in [0.29, 0.717) is 6.07 Å². The maximum atomic E-state index is 13.7. The fourth-order valence-corrected chi connectivity index (χ4v) is 2.64. The number of carbonyl (C=O) groups excluding carboxylic acids is 1. The Hall–Kier alpha value is -2.12. The SMILES string of the molecule is Cc1ncc(C=CC(=O)NCC(C)(O)c2ccc(F)cc2F)s1. The highest BCUT2D eigenvalue weighted by Crippen LogP contribution is 2.23. The van der Waals surface area contributed by atoms with Gasteiger partial charge in [0.15, 0.2) is 0 Å². The van der Waals surface area contributed by atoms with E-state index in [0.717, 1.165) is 22.0 Å². The molecule has 1 amide bonds. The third-order valence-corrected chi connectivity index (χ3v) is 4.03. The van der Waals surface area contributed by atoms with Gasteiger partial charge in [0.2, 0.25) is 5.91 Å². The minimum Gasteiger partial charge on any atom is -0.383 e. The fourth-order valence-electron chi connectivity index (χ4n) is 1.95. The van der Waals surface area contributed by atoms with Gasteiger partial charge < -0.3 is 10.4 Å². The number of nitrogens with zero attached hydrogens (tertiary/aromatic N) is 1. The highest BCUT2D eigenvalue weighted by atomic mass is 32.1. The van der Waals surface area contributed by atoms with E-state index in [4.69, 9.17) is 0 Å². The summed E-state index contributed by atoms with van der Waals surface area (Å²) in [5.74, 6) is -2.02. The molecule has 0 saturated carbocycles. The number of rotatable bonds is 5. The number of aryl methyl sites for hydroxylation is 1. The van der Waals surface area contributed by atoms with Gasteiger partial charge in [0, 0.05) is 28.8 Å². The molecule has 0 aliphatic carbocycles. The van der Waals surface area contributed by atoms with E-state index >= 15 is 0 Å². The van der Waals surface area contributed by atoms with Crippen LogP contribution < -0.4 is 5.32 Å². The van der Waals surface area contributed by atoms with Crippen LogP contribution in [0.25, 0.3) is 6.08 Å². The molecule has 2 N–H and O–H groups in total. The van der Waals surface area contributed by atoms with Gasteiger partial charge in [0.1, 0.15) is 17.2 Å². The van der Waals surface area contributed by atoms with Crippen LogP contribution in [0.1, 0.15) is 22.4 Å². The average molecular weight is 338 g/mol. The first-order chi connectivity index (χ1) is 10.8. The highest BCUT2D eigenvalue weighted by Gasteiger charge is 2.27. The van der Waals surface area contributed by atoms with Crippen LogP contribution >= 0.6 is 11.3 Å². The summed E-state index contributed by atoms with van der Waals surface area (Å²) in [5.41, 5.74) is -1.73. The molecule has 4 nitrogen and oxygen atoms in total. The zero-order valence-electron chi connectivity index (χ0n) is 12.6. The van der Waals surface area contributed by atoms with Crippen LogP contribution in [-0.2, 0) is 10.4 Å². The van der Waals surface area contributed by atoms with Crippen molar-refractivity contribution in [2.45, 2.75) is 19.4 Å². The molecule has 1 heterocycles. The molecule has 7 heteroatoms. The van der Waals surface area contributed by atoms with Gasteiger partial charge in [-0.2, -0.15) is 0 Å². The van der Waals surface area contributed by atoms with Crippen LogP contribution in [0.15, 0.2) is 30.5 Å². The maximum Gasteiger partial charge on any atom is 0.244 e. The molecule has 0 aliphatic rings. The highest BCUT2D eigenvalue weighted by molar-refractivity contribution is 7.12. The maximum absolute atomic E-state index is 13.7. The van der Waals surface area contributed by atoms with Crippen molar-refractivity contribution in [3.63, 3.8) is 0 Å². The molecule has 0 saturated heterocycles. The molecule has 1 aromatic carbocycles. The van der Waals surface area contributed by atoms with E-state index in [2.05, 4.69) is 10.3 Å². The van der Waals surface area contributed by atoms with Crippen LogP contribution in [0, 0.1) is 18.6 Å². The number of nitrogens with one attached hydrogen (secondary N) is 1. The molecular weight excluding hydrogens is 322 g/mol. The molecule has 2 rings (SSSR count). The third-order valence-electron chi connectivity index (χ3n) is 3.16. The van der Waals surface area contributed by atoms with Crippen molar-refractivity contribution in [3.05, 3.63) is 57.6 Å². The van der Waals surface area contributed by atoms with Crippen molar-refractivity contribution in [2.75, 3.05) is 6.54 Å². The summed E-state index contributed by atoms with van der Waals surface area (Å²) in [4.78, 5) is 16.6. The lowest BCUT2D eigenvalue weighted by Gasteiger charge is -2.24. The van der Waals surface area contributed by atoms with Gasteiger partial charge in [-0.1, -0.05) is 6.07 Å². The van der Waals surface area contributed by atoms with E-state index < -0.39 is 23.1 Å². The molecule has 0 radical (unpaired) electrons. The van der Waals surface area contributed by atoms with Crippen molar-refractivity contribution >= 4 is 23.3 Å². The minimum absolute atomic E-state index is 0.0822. The van der Waals surface area contributed by atoms with Gasteiger partial charge in [0.05, 0.1) is 11.6 Å². The number of benzene rings is 1. The summed E-state index contributed by atoms with van der Waals surface area (Å²) in [7, 11) is 0. The average Bonchev–Trinajstić information content (AvgIpc) is 2.88. The molecule has 0 aliphatic heterocycles. The van der Waals surface area contributed by atoms with Crippen molar-refractivity contribution < 1.29 is 18.7 Å². The number of hydrogen-bond acceptors (Lipinski definition) is 4. The second kappa shape index (κ2) is 6.97. The second-order valence-electron chi connectivity index (χ2n) is 5.23. The molecule has 1 unspecified atom stereocenters. The van der Waals surface area contributed by atoms with Gasteiger partial charge in [-0.25, -0.2) is 13.8 Å². The third kappa shape index (κ3) is 4.67. The van der Waals surface area contributed by atoms with Gasteiger partial charge in [-0.3, -0.25) is 4.79 Å². The number of carbonyl (C=O) groups is 1. The number of amides is 1. The van der Waals surface area contributed by atoms with Gasteiger partial charge in [0.25, 0.3) is 0 Å². The predicted molar refractivity (Wildman–Crippen MR) is 84.8 cm³/mol. The molecule has 1 aromatic heterocycles. The summed E-state index contributed by atoms with van der Waals surface area (Å²) in [6.45, 7) is 3.00. The Balaban J connectivity index is 1.98. The lowest BCUT2D eigenvalue weighted by Crippen LogP contribution is -2.38. The first-order valence-corrected chi connectivity index (χ1v) is 7.66. The van der Waals surface area contributed by atoms with Crippen molar-refractivity contribution in [2.24, 2.45) is 0 Å². The van der Waals surface area contributed by atoms with Gasteiger partial charge in [-0.05, 0) is 26.0 Å². The molecule has 23 heavy (non-hydrogen) atoms. The van der Waals surface area contributed by atoms with Crippen LogP contribution in [0.5, 0.6) is 0 Å². The van der Waals surface area contributed by atoms with Gasteiger partial charge >= 0.3 is 0 Å². The van der Waals surface area contributed by atoms with Crippen molar-refractivity contribution in [1.82, 2.24) is 10.3 Å². The standard InChI is InChI=1S/C16H16F2N2O2S/c1-10-19-8-12(23-10)4-6-15(21)20-9-16(2,22)13-5-3-11(17)7-14(13)18/h3-8,22H,9H2,1-2H3,(H,20,21).